The molecule has 8 heteroatoms. The molecule has 3 rings (SSSR count). The van der Waals surface area contributed by atoms with Gasteiger partial charge in [0.25, 0.3) is 10.0 Å². The quantitative estimate of drug-likeness (QED) is 0.236. The van der Waals surface area contributed by atoms with Crippen LogP contribution < -0.4 is 10.0 Å². The van der Waals surface area contributed by atoms with Crippen molar-refractivity contribution in [3.63, 3.8) is 0 Å². The molecule has 0 amide bonds. The minimum Gasteiger partial charge on any atom is -0.465 e. The predicted octanol–water partition coefficient (Wildman–Crippen LogP) is 5.49. The second kappa shape index (κ2) is 14.6. The number of nitrogens with one attached hydrogen (secondary N) is 2. The second-order valence-corrected chi connectivity index (χ2v) is 12.0. The molecule has 3 atom stereocenters. The van der Waals surface area contributed by atoms with Crippen molar-refractivity contribution >= 4 is 22.0 Å². The number of carbonyl (C=O) groups excluding carboxylic acids is 1. The first-order chi connectivity index (χ1) is 17.4. The van der Waals surface area contributed by atoms with Gasteiger partial charge in [0.1, 0.15) is 0 Å². The molecule has 36 heavy (non-hydrogen) atoms. The largest absolute Gasteiger partial charge is 0.465 e. The average Bonchev–Trinajstić information content (AvgIpc) is 3.28. The first kappa shape index (κ1) is 28.5. The van der Waals surface area contributed by atoms with Crippen LogP contribution in [-0.2, 0) is 26.0 Å². The number of esters is 1. The van der Waals surface area contributed by atoms with Crippen molar-refractivity contribution in [3.05, 3.63) is 29.8 Å². The van der Waals surface area contributed by atoms with Crippen molar-refractivity contribution in [2.45, 2.75) is 121 Å². The molecule has 3 unspecified atom stereocenters. The van der Waals surface area contributed by atoms with Crippen molar-refractivity contribution in [1.29, 1.82) is 0 Å². The first-order valence-corrected chi connectivity index (χ1v) is 15.5. The number of guanidine groups is 1. The number of sulfonamides is 1. The average molecular weight is 520 g/mol. The van der Waals surface area contributed by atoms with Gasteiger partial charge in [-0.2, -0.15) is 0 Å². The van der Waals surface area contributed by atoms with Crippen LogP contribution in [0.15, 0.2) is 34.2 Å². The zero-order valence-corrected chi connectivity index (χ0v) is 23.0. The number of hydrogen-bond acceptors (Lipinski definition) is 6. The zero-order valence-electron chi connectivity index (χ0n) is 22.1. The molecule has 202 valence electrons. The molecule has 1 aromatic rings. The predicted molar refractivity (Wildman–Crippen MR) is 144 cm³/mol. The SMILES string of the molecule is CCCCC(CC)COC(=O)CCCCCCc1cccc(S(=O)(=O)NC2=NC3CCCCC3N2)c1. The van der Waals surface area contributed by atoms with E-state index in [1.807, 2.05) is 6.07 Å². The summed E-state index contributed by atoms with van der Waals surface area (Å²) in [5.41, 5.74) is 1.00. The summed E-state index contributed by atoms with van der Waals surface area (Å²) < 4.78 is 34.0. The summed E-state index contributed by atoms with van der Waals surface area (Å²) in [4.78, 5) is 16.8. The molecule has 1 aromatic carbocycles. The zero-order chi connectivity index (χ0) is 25.8. The number of aliphatic imine (C=N–C) groups is 1. The molecular formula is C28H45N3O4S. The Morgan fingerprint density at radius 1 is 1.14 bits per heavy atom. The number of aryl methyl sites for hydroxylation is 1. The highest BCUT2D eigenvalue weighted by Crippen LogP contribution is 2.25. The van der Waals surface area contributed by atoms with E-state index in [-0.39, 0.29) is 22.9 Å². The van der Waals surface area contributed by atoms with Crippen LogP contribution in [0.5, 0.6) is 0 Å². The van der Waals surface area contributed by atoms with Crippen LogP contribution >= 0.6 is 0 Å². The third kappa shape index (κ3) is 9.09. The van der Waals surface area contributed by atoms with Gasteiger partial charge in [0.15, 0.2) is 0 Å². The maximum atomic E-state index is 12.9. The normalized spacial score (nSPS) is 20.2. The van der Waals surface area contributed by atoms with Gasteiger partial charge < -0.3 is 10.1 Å². The number of ether oxygens (including phenoxy) is 1. The molecule has 1 heterocycles. The van der Waals surface area contributed by atoms with Gasteiger partial charge in [-0.15, -0.1) is 0 Å². The van der Waals surface area contributed by atoms with Crippen LogP contribution in [0.25, 0.3) is 0 Å². The Morgan fingerprint density at radius 2 is 1.94 bits per heavy atom. The summed E-state index contributed by atoms with van der Waals surface area (Å²) >= 11 is 0. The molecular weight excluding hydrogens is 474 g/mol. The molecule has 0 spiro atoms. The molecule has 1 saturated carbocycles. The summed E-state index contributed by atoms with van der Waals surface area (Å²) in [5.74, 6) is 0.772. The van der Waals surface area contributed by atoms with Gasteiger partial charge >= 0.3 is 5.97 Å². The minimum atomic E-state index is -3.67. The van der Waals surface area contributed by atoms with Crippen LogP contribution in [-0.4, -0.2) is 39.0 Å². The van der Waals surface area contributed by atoms with Crippen molar-refractivity contribution in [1.82, 2.24) is 10.0 Å². The lowest BCUT2D eigenvalue weighted by Crippen LogP contribution is -2.43. The number of hydrogen-bond donors (Lipinski definition) is 2. The standard InChI is InChI=1S/C28H45N3O4S/c1-3-5-13-22(4-2)21-35-27(32)19-9-7-6-8-14-23-15-12-16-24(20-23)36(33,34)31-28-29-25-17-10-11-18-26(25)30-28/h12,15-16,20,22,25-26H,3-11,13-14,17-19,21H2,1-2H3,(H2,29,30,31). The van der Waals surface area contributed by atoms with Crippen molar-refractivity contribution in [2.24, 2.45) is 10.9 Å². The lowest BCUT2D eigenvalue weighted by molar-refractivity contribution is -0.145. The summed E-state index contributed by atoms with van der Waals surface area (Å²) in [7, 11) is -3.67. The van der Waals surface area contributed by atoms with Crippen molar-refractivity contribution in [3.8, 4) is 0 Å². The van der Waals surface area contributed by atoms with Gasteiger partial charge in [-0.05, 0) is 62.1 Å². The Bertz CT molecular complexity index is 963. The van der Waals surface area contributed by atoms with Crippen LogP contribution in [0.2, 0.25) is 0 Å². The lowest BCUT2D eigenvalue weighted by Gasteiger charge is -2.23. The van der Waals surface area contributed by atoms with E-state index in [2.05, 4.69) is 28.9 Å². The Kier molecular flexibility index (Phi) is 11.5. The van der Waals surface area contributed by atoms with Crippen LogP contribution in [0.4, 0.5) is 0 Å². The highest BCUT2D eigenvalue weighted by Gasteiger charge is 2.32. The molecule has 0 radical (unpaired) electrons. The summed E-state index contributed by atoms with van der Waals surface area (Å²) in [5, 5.41) is 3.25. The van der Waals surface area contributed by atoms with E-state index in [9.17, 15) is 13.2 Å². The molecule has 1 aliphatic heterocycles. The second-order valence-electron chi connectivity index (χ2n) is 10.3. The number of rotatable bonds is 15. The first-order valence-electron chi connectivity index (χ1n) is 14.0. The summed E-state index contributed by atoms with van der Waals surface area (Å²) in [6.45, 7) is 4.89. The summed E-state index contributed by atoms with van der Waals surface area (Å²) in [6.07, 6.45) is 14.0. The fourth-order valence-electron chi connectivity index (χ4n) is 5.06. The molecule has 2 N–H and O–H groups in total. The third-order valence-corrected chi connectivity index (χ3v) is 8.74. The number of nitrogens with zero attached hydrogens (tertiary/aromatic N) is 1. The highest BCUT2D eigenvalue weighted by molar-refractivity contribution is 7.90. The Morgan fingerprint density at radius 3 is 2.72 bits per heavy atom. The van der Waals surface area contributed by atoms with Gasteiger partial charge in [-0.3, -0.25) is 4.79 Å². The Hall–Kier alpha value is -2.09. The maximum Gasteiger partial charge on any atom is 0.305 e. The van der Waals surface area contributed by atoms with E-state index in [1.165, 1.54) is 12.8 Å². The van der Waals surface area contributed by atoms with E-state index in [1.54, 1.807) is 18.2 Å². The molecule has 1 aliphatic carbocycles. The molecule has 2 aliphatic rings. The van der Waals surface area contributed by atoms with Gasteiger partial charge in [-0.25, -0.2) is 18.1 Å². The molecule has 1 fully saturated rings. The third-order valence-electron chi connectivity index (χ3n) is 7.41. The Balaban J connectivity index is 1.34. The van der Waals surface area contributed by atoms with Gasteiger partial charge in [-0.1, -0.05) is 70.9 Å². The van der Waals surface area contributed by atoms with Gasteiger partial charge in [0, 0.05) is 6.42 Å². The number of carbonyl (C=O) groups is 1. The van der Waals surface area contributed by atoms with Crippen LogP contribution in [0, 0.1) is 5.92 Å². The minimum absolute atomic E-state index is 0.0871. The number of fused-ring (bicyclic) bond motifs is 1. The Labute approximate surface area is 217 Å². The van der Waals surface area contributed by atoms with E-state index < -0.39 is 10.0 Å². The van der Waals surface area contributed by atoms with E-state index in [0.29, 0.717) is 24.9 Å². The molecule has 0 bridgehead atoms. The van der Waals surface area contributed by atoms with E-state index >= 15 is 0 Å². The smallest absolute Gasteiger partial charge is 0.305 e. The van der Waals surface area contributed by atoms with E-state index in [0.717, 1.165) is 76.2 Å². The molecule has 0 saturated heterocycles. The molecule has 7 nitrogen and oxygen atoms in total. The fraction of sp³-hybridized carbons (Fsp3) is 0.714. The fourth-order valence-corrected chi connectivity index (χ4v) is 6.10. The number of unbranched alkanes of at least 4 members (excludes halogenated alkanes) is 4. The van der Waals surface area contributed by atoms with Crippen LogP contribution in [0.3, 0.4) is 0 Å². The number of benzene rings is 1. The lowest BCUT2D eigenvalue weighted by atomic mass is 9.92. The van der Waals surface area contributed by atoms with E-state index in [4.69, 9.17) is 4.74 Å². The van der Waals surface area contributed by atoms with Crippen LogP contribution in [0.1, 0.15) is 103 Å². The highest BCUT2D eigenvalue weighted by atomic mass is 32.2. The summed E-state index contributed by atoms with van der Waals surface area (Å²) in [6, 6.07) is 7.59. The van der Waals surface area contributed by atoms with Crippen molar-refractivity contribution < 1.29 is 17.9 Å². The maximum absolute atomic E-state index is 12.9. The van der Waals surface area contributed by atoms with Gasteiger partial charge in [0.05, 0.1) is 23.6 Å². The monoisotopic (exact) mass is 519 g/mol. The van der Waals surface area contributed by atoms with Crippen molar-refractivity contribution in [2.75, 3.05) is 6.61 Å². The molecule has 0 aromatic heterocycles. The topological polar surface area (TPSA) is 96.9 Å². The van der Waals surface area contributed by atoms with Gasteiger partial charge in [0.2, 0.25) is 5.96 Å².